The van der Waals surface area contributed by atoms with E-state index in [1.165, 1.54) is 23.7 Å². The Morgan fingerprint density at radius 1 is 1.30 bits per heavy atom. The van der Waals surface area contributed by atoms with Crippen molar-refractivity contribution in [1.29, 1.82) is 5.26 Å². The molecule has 0 saturated carbocycles. The van der Waals surface area contributed by atoms with E-state index in [9.17, 15) is 23.2 Å². The van der Waals surface area contributed by atoms with E-state index in [0.717, 1.165) is 28.6 Å². The molecule has 1 aromatic heterocycles. The number of ether oxygens (including phenoxy) is 1. The van der Waals surface area contributed by atoms with Crippen molar-refractivity contribution in [2.45, 2.75) is 32.3 Å². The number of fused-ring (bicyclic) bond motifs is 1. The maximum atomic E-state index is 12.5. The van der Waals surface area contributed by atoms with Crippen LogP contribution in [0.3, 0.4) is 0 Å². The van der Waals surface area contributed by atoms with Crippen LogP contribution < -0.4 is 10.1 Å². The van der Waals surface area contributed by atoms with Gasteiger partial charge in [-0.05, 0) is 55.8 Å². The van der Waals surface area contributed by atoms with Gasteiger partial charge in [0.15, 0.2) is 0 Å². The summed E-state index contributed by atoms with van der Waals surface area (Å²) >= 11 is 6.06. The van der Waals surface area contributed by atoms with Gasteiger partial charge >= 0.3 is 6.36 Å². The number of alkyl halides is 3. The first-order valence-electron chi connectivity index (χ1n) is 8.71. The first-order valence-corrected chi connectivity index (χ1v) is 9.09. The maximum absolute atomic E-state index is 12.5. The summed E-state index contributed by atoms with van der Waals surface area (Å²) in [6, 6.07) is 9.99. The number of rotatable bonds is 5. The molecular formula is C20H16ClF3N4O2. The minimum absolute atomic E-state index is 0.0518. The van der Waals surface area contributed by atoms with Crippen LogP contribution in [-0.4, -0.2) is 27.6 Å². The van der Waals surface area contributed by atoms with Gasteiger partial charge in [0.1, 0.15) is 11.3 Å². The second-order valence-electron chi connectivity index (χ2n) is 6.96. The van der Waals surface area contributed by atoms with Gasteiger partial charge in [0.2, 0.25) is 0 Å². The second-order valence-corrected chi connectivity index (χ2v) is 7.39. The highest BCUT2D eigenvalue weighted by atomic mass is 35.5. The van der Waals surface area contributed by atoms with Gasteiger partial charge in [-0.2, -0.15) is 10.4 Å². The normalized spacial score (nSPS) is 13.5. The number of benzene rings is 2. The van der Waals surface area contributed by atoms with Crippen LogP contribution in [0.5, 0.6) is 5.75 Å². The van der Waals surface area contributed by atoms with Crippen LogP contribution in [-0.2, 0) is 6.54 Å². The standard InChI is InChI=1S/C20H16ClF3N4O2/c1-12-7-15(21)8-14-9-28(27-17(12)14)11-19(2,10-25)26-18(29)13-3-5-16(6-4-13)30-20(22,23)24/h3-9H,11H2,1-2H3,(H,26,29). The minimum atomic E-state index is -4.82. The third-order valence-corrected chi connectivity index (χ3v) is 4.49. The molecule has 156 valence electrons. The number of amides is 1. The van der Waals surface area contributed by atoms with Crippen molar-refractivity contribution in [2.24, 2.45) is 0 Å². The van der Waals surface area contributed by atoms with E-state index in [1.807, 2.05) is 13.0 Å². The Balaban J connectivity index is 1.76. The molecule has 0 aliphatic carbocycles. The highest BCUT2D eigenvalue weighted by Gasteiger charge is 2.31. The molecule has 1 unspecified atom stereocenters. The molecule has 0 fully saturated rings. The fourth-order valence-electron chi connectivity index (χ4n) is 2.95. The average Bonchev–Trinajstić information content (AvgIpc) is 3.03. The number of halogens is 4. The lowest BCUT2D eigenvalue weighted by atomic mass is 10.0. The molecule has 10 heteroatoms. The van der Waals surface area contributed by atoms with Gasteiger partial charge in [-0.25, -0.2) is 0 Å². The fraction of sp³-hybridized carbons (Fsp3) is 0.250. The smallest absolute Gasteiger partial charge is 0.406 e. The largest absolute Gasteiger partial charge is 0.573 e. The van der Waals surface area contributed by atoms with Crippen molar-refractivity contribution in [1.82, 2.24) is 15.1 Å². The molecule has 0 bridgehead atoms. The van der Waals surface area contributed by atoms with E-state index in [2.05, 4.69) is 15.2 Å². The molecule has 0 radical (unpaired) electrons. The topological polar surface area (TPSA) is 79.9 Å². The van der Waals surface area contributed by atoms with E-state index in [-0.39, 0.29) is 12.1 Å². The summed E-state index contributed by atoms with van der Waals surface area (Å²) < 4.78 is 42.1. The molecule has 1 amide bonds. The zero-order chi connectivity index (χ0) is 22.1. The fourth-order valence-corrected chi connectivity index (χ4v) is 3.23. The predicted octanol–water partition coefficient (Wildman–Crippen LogP) is 4.61. The second kappa shape index (κ2) is 7.88. The third-order valence-electron chi connectivity index (χ3n) is 4.28. The van der Waals surface area contributed by atoms with Crippen molar-refractivity contribution < 1.29 is 22.7 Å². The monoisotopic (exact) mass is 436 g/mol. The molecule has 3 aromatic rings. The molecular weight excluding hydrogens is 421 g/mol. The van der Waals surface area contributed by atoms with Crippen molar-refractivity contribution in [3.8, 4) is 11.8 Å². The number of carbonyl (C=O) groups is 1. The SMILES string of the molecule is Cc1cc(Cl)cc2cn(CC(C)(C#N)NC(=O)c3ccc(OC(F)(F)F)cc3)nc12. The van der Waals surface area contributed by atoms with Gasteiger partial charge in [0.05, 0.1) is 18.1 Å². The number of carbonyl (C=O) groups excluding carboxylic acids is 1. The van der Waals surface area contributed by atoms with E-state index >= 15 is 0 Å². The first-order chi connectivity index (χ1) is 14.0. The van der Waals surface area contributed by atoms with Crippen LogP contribution in [0.15, 0.2) is 42.6 Å². The number of nitriles is 1. The van der Waals surface area contributed by atoms with E-state index in [0.29, 0.717) is 5.02 Å². The number of nitrogens with zero attached hydrogens (tertiary/aromatic N) is 3. The quantitative estimate of drug-likeness (QED) is 0.633. The van der Waals surface area contributed by atoms with Crippen molar-refractivity contribution in [3.63, 3.8) is 0 Å². The Labute approximate surface area is 174 Å². The summed E-state index contributed by atoms with van der Waals surface area (Å²) in [7, 11) is 0. The number of nitrogens with one attached hydrogen (secondary N) is 1. The minimum Gasteiger partial charge on any atom is -0.406 e. The highest BCUT2D eigenvalue weighted by Crippen LogP contribution is 2.24. The molecule has 30 heavy (non-hydrogen) atoms. The third kappa shape index (κ3) is 5.02. The van der Waals surface area contributed by atoms with Crippen LogP contribution in [0.1, 0.15) is 22.8 Å². The van der Waals surface area contributed by atoms with Crippen LogP contribution in [0.4, 0.5) is 13.2 Å². The molecule has 0 aliphatic rings. The summed E-state index contributed by atoms with van der Waals surface area (Å²) in [6.45, 7) is 3.44. The Kier molecular flexibility index (Phi) is 5.63. The zero-order valence-electron chi connectivity index (χ0n) is 15.9. The lowest BCUT2D eigenvalue weighted by Gasteiger charge is -2.23. The molecule has 1 atom stereocenters. The molecule has 1 heterocycles. The van der Waals surface area contributed by atoms with Crippen LogP contribution in [0.25, 0.3) is 10.9 Å². The Hall–Kier alpha value is -3.25. The molecule has 0 saturated heterocycles. The summed E-state index contributed by atoms with van der Waals surface area (Å²) in [5.41, 5.74) is 0.364. The molecule has 1 N–H and O–H groups in total. The van der Waals surface area contributed by atoms with Crippen molar-refractivity contribution >= 4 is 28.4 Å². The number of hydrogen-bond donors (Lipinski definition) is 1. The summed E-state index contributed by atoms with van der Waals surface area (Å²) in [5, 5.41) is 18.0. The van der Waals surface area contributed by atoms with Gasteiger partial charge in [-0.1, -0.05) is 11.6 Å². The molecule has 3 rings (SSSR count). The van der Waals surface area contributed by atoms with Crippen LogP contribution in [0.2, 0.25) is 5.02 Å². The van der Waals surface area contributed by atoms with E-state index in [1.54, 1.807) is 18.3 Å². The summed E-state index contributed by atoms with van der Waals surface area (Å²) in [5.74, 6) is -1.06. The van der Waals surface area contributed by atoms with Crippen molar-refractivity contribution in [2.75, 3.05) is 0 Å². The summed E-state index contributed by atoms with van der Waals surface area (Å²) in [6.07, 6.45) is -3.10. The Morgan fingerprint density at radius 2 is 1.97 bits per heavy atom. The zero-order valence-corrected chi connectivity index (χ0v) is 16.7. The molecule has 0 spiro atoms. The Morgan fingerprint density at radius 3 is 2.57 bits per heavy atom. The van der Waals surface area contributed by atoms with Gasteiger partial charge in [0.25, 0.3) is 5.91 Å². The number of hydrogen-bond acceptors (Lipinski definition) is 4. The van der Waals surface area contributed by atoms with E-state index in [4.69, 9.17) is 11.6 Å². The van der Waals surface area contributed by atoms with Crippen LogP contribution >= 0.6 is 11.6 Å². The maximum Gasteiger partial charge on any atom is 0.573 e. The average molecular weight is 437 g/mol. The van der Waals surface area contributed by atoms with Gasteiger partial charge in [-0.15, -0.1) is 13.2 Å². The lowest BCUT2D eigenvalue weighted by Crippen LogP contribution is -2.48. The van der Waals surface area contributed by atoms with Crippen LogP contribution in [0, 0.1) is 18.3 Å². The van der Waals surface area contributed by atoms with Gasteiger partial charge in [-0.3, -0.25) is 9.48 Å². The van der Waals surface area contributed by atoms with Gasteiger partial charge < -0.3 is 10.1 Å². The molecule has 6 nitrogen and oxygen atoms in total. The number of aryl methyl sites for hydroxylation is 1. The molecule has 2 aromatic carbocycles. The lowest BCUT2D eigenvalue weighted by molar-refractivity contribution is -0.274. The highest BCUT2D eigenvalue weighted by molar-refractivity contribution is 6.31. The van der Waals surface area contributed by atoms with E-state index < -0.39 is 23.6 Å². The van der Waals surface area contributed by atoms with Gasteiger partial charge in [0, 0.05) is 22.2 Å². The predicted molar refractivity (Wildman–Crippen MR) is 104 cm³/mol. The first kappa shape index (κ1) is 21.5. The van der Waals surface area contributed by atoms with Crippen molar-refractivity contribution in [3.05, 3.63) is 58.7 Å². The summed E-state index contributed by atoms with van der Waals surface area (Å²) in [4.78, 5) is 12.5. The number of aromatic nitrogens is 2. The Bertz CT molecular complexity index is 1140. The molecule has 0 aliphatic heterocycles.